The monoisotopic (exact) mass is 411 g/mol. The topological polar surface area (TPSA) is 43.9 Å². The van der Waals surface area contributed by atoms with E-state index in [1.165, 1.54) is 4.88 Å². The van der Waals surface area contributed by atoms with Gasteiger partial charge in [0.2, 0.25) is 11.8 Å². The molecule has 2 fully saturated rings. The number of likely N-dealkylation sites (tertiary alicyclic amines) is 1. The molecule has 4 rings (SSSR count). The zero-order valence-electron chi connectivity index (χ0n) is 16.8. The van der Waals surface area contributed by atoms with Crippen LogP contribution in [0.4, 0.5) is 0 Å². The lowest BCUT2D eigenvalue weighted by molar-refractivity contribution is -0.147. The number of hydrogen-bond acceptors (Lipinski definition) is 4. The van der Waals surface area contributed by atoms with Crippen molar-refractivity contribution >= 4 is 23.2 Å². The molecule has 154 valence electrons. The summed E-state index contributed by atoms with van der Waals surface area (Å²) in [6.07, 6.45) is 3.40. The molecular formula is C23H29N3O2S. The largest absolute Gasteiger partial charge is 0.339 e. The quantitative estimate of drug-likeness (QED) is 0.756. The molecule has 2 saturated heterocycles. The Morgan fingerprint density at radius 1 is 0.931 bits per heavy atom. The minimum absolute atomic E-state index is 0.0735. The molecule has 1 unspecified atom stereocenters. The Morgan fingerprint density at radius 2 is 1.79 bits per heavy atom. The summed E-state index contributed by atoms with van der Waals surface area (Å²) in [5, 5.41) is 2.11. The Morgan fingerprint density at radius 3 is 2.55 bits per heavy atom. The van der Waals surface area contributed by atoms with Gasteiger partial charge in [0.25, 0.3) is 0 Å². The second-order valence-corrected chi connectivity index (χ2v) is 8.92. The van der Waals surface area contributed by atoms with Gasteiger partial charge < -0.3 is 9.80 Å². The summed E-state index contributed by atoms with van der Waals surface area (Å²) < 4.78 is 0. The summed E-state index contributed by atoms with van der Waals surface area (Å²) >= 11 is 1.79. The Kier molecular flexibility index (Phi) is 6.62. The second-order valence-electron chi connectivity index (χ2n) is 7.89. The van der Waals surface area contributed by atoms with E-state index in [9.17, 15) is 9.59 Å². The second kappa shape index (κ2) is 9.55. The standard InChI is InChI=1S/C23H29N3O2S/c27-21-11-4-5-14-26(21)22(19-8-2-1-3-9-19)23(28)25-13-7-12-24(15-16-25)18-20-10-6-17-29-20/h1-3,6,8-10,17,22H,4-5,7,11-16,18H2. The fourth-order valence-electron chi connectivity index (χ4n) is 4.34. The zero-order chi connectivity index (χ0) is 20.1. The van der Waals surface area contributed by atoms with E-state index in [0.717, 1.165) is 57.5 Å². The van der Waals surface area contributed by atoms with Crippen LogP contribution in [0.5, 0.6) is 0 Å². The number of carbonyl (C=O) groups excluding carboxylic acids is 2. The molecule has 0 radical (unpaired) electrons. The third-order valence-electron chi connectivity index (χ3n) is 5.88. The summed E-state index contributed by atoms with van der Waals surface area (Å²) in [5.74, 6) is 0.178. The van der Waals surface area contributed by atoms with Crippen LogP contribution in [-0.4, -0.2) is 59.2 Å². The Hall–Kier alpha value is -2.18. The van der Waals surface area contributed by atoms with Gasteiger partial charge in [-0.15, -0.1) is 11.3 Å². The highest BCUT2D eigenvalue weighted by Crippen LogP contribution is 2.28. The van der Waals surface area contributed by atoms with Gasteiger partial charge in [-0.05, 0) is 36.3 Å². The van der Waals surface area contributed by atoms with E-state index in [4.69, 9.17) is 0 Å². The molecule has 29 heavy (non-hydrogen) atoms. The van der Waals surface area contributed by atoms with Crippen molar-refractivity contribution in [3.63, 3.8) is 0 Å². The first-order valence-electron chi connectivity index (χ1n) is 10.6. The average molecular weight is 412 g/mol. The maximum Gasteiger partial charge on any atom is 0.250 e. The van der Waals surface area contributed by atoms with E-state index >= 15 is 0 Å². The van der Waals surface area contributed by atoms with E-state index in [1.54, 1.807) is 11.3 Å². The first-order chi connectivity index (χ1) is 14.2. The number of rotatable bonds is 5. The Balaban J connectivity index is 1.49. The molecule has 1 atom stereocenters. The van der Waals surface area contributed by atoms with Gasteiger partial charge in [0.15, 0.2) is 0 Å². The molecule has 0 N–H and O–H groups in total. The van der Waals surface area contributed by atoms with E-state index < -0.39 is 6.04 Å². The number of hydrogen-bond donors (Lipinski definition) is 0. The highest BCUT2D eigenvalue weighted by Gasteiger charge is 2.35. The lowest BCUT2D eigenvalue weighted by Gasteiger charge is -2.37. The summed E-state index contributed by atoms with van der Waals surface area (Å²) in [7, 11) is 0. The molecule has 3 heterocycles. The molecule has 0 spiro atoms. The van der Waals surface area contributed by atoms with E-state index in [-0.39, 0.29) is 11.8 Å². The summed E-state index contributed by atoms with van der Waals surface area (Å²) in [5.41, 5.74) is 0.924. The molecule has 5 nitrogen and oxygen atoms in total. The van der Waals surface area contributed by atoms with Crippen LogP contribution in [-0.2, 0) is 16.1 Å². The number of amides is 2. The van der Waals surface area contributed by atoms with Crippen molar-refractivity contribution in [1.29, 1.82) is 0 Å². The minimum atomic E-state index is -0.493. The molecule has 2 aromatic rings. The molecule has 2 aliphatic heterocycles. The summed E-state index contributed by atoms with van der Waals surface area (Å²) in [6, 6.07) is 13.6. The van der Waals surface area contributed by atoms with Crippen molar-refractivity contribution in [1.82, 2.24) is 14.7 Å². The predicted molar refractivity (Wildman–Crippen MR) is 116 cm³/mol. The van der Waals surface area contributed by atoms with Crippen LogP contribution in [0.25, 0.3) is 0 Å². The normalized spacial score (nSPS) is 19.8. The van der Waals surface area contributed by atoms with E-state index in [0.29, 0.717) is 13.0 Å². The lowest BCUT2D eigenvalue weighted by atomic mass is 10.00. The van der Waals surface area contributed by atoms with Gasteiger partial charge in [0.1, 0.15) is 6.04 Å². The van der Waals surface area contributed by atoms with Crippen LogP contribution < -0.4 is 0 Å². The van der Waals surface area contributed by atoms with Gasteiger partial charge in [0.05, 0.1) is 0 Å². The molecule has 1 aromatic heterocycles. The SMILES string of the molecule is O=C(C(c1ccccc1)N1CCCCC1=O)N1CCCN(Cc2cccs2)CC1. The molecular weight excluding hydrogens is 382 g/mol. The van der Waals surface area contributed by atoms with Crippen LogP contribution in [0.15, 0.2) is 47.8 Å². The molecule has 0 bridgehead atoms. The molecule has 2 amide bonds. The van der Waals surface area contributed by atoms with Crippen LogP contribution in [0.3, 0.4) is 0 Å². The molecule has 0 saturated carbocycles. The first-order valence-corrected chi connectivity index (χ1v) is 11.5. The van der Waals surface area contributed by atoms with Gasteiger partial charge in [-0.1, -0.05) is 36.4 Å². The van der Waals surface area contributed by atoms with Crippen molar-refractivity contribution in [3.8, 4) is 0 Å². The van der Waals surface area contributed by atoms with Crippen molar-refractivity contribution in [2.45, 2.75) is 38.3 Å². The van der Waals surface area contributed by atoms with Crippen molar-refractivity contribution < 1.29 is 9.59 Å². The van der Waals surface area contributed by atoms with E-state index in [1.807, 2.05) is 40.1 Å². The molecule has 1 aromatic carbocycles. The number of carbonyl (C=O) groups is 2. The number of benzene rings is 1. The van der Waals surface area contributed by atoms with Crippen LogP contribution in [0, 0.1) is 0 Å². The Bertz CT molecular complexity index is 809. The smallest absolute Gasteiger partial charge is 0.250 e. The first kappa shape index (κ1) is 20.1. The predicted octanol–water partition coefficient (Wildman–Crippen LogP) is 3.54. The fraction of sp³-hybridized carbons (Fsp3) is 0.478. The van der Waals surface area contributed by atoms with Gasteiger partial charge >= 0.3 is 0 Å². The fourth-order valence-corrected chi connectivity index (χ4v) is 5.08. The summed E-state index contributed by atoms with van der Waals surface area (Å²) in [6.45, 7) is 4.97. The van der Waals surface area contributed by atoms with Gasteiger partial charge in [-0.25, -0.2) is 0 Å². The lowest BCUT2D eigenvalue weighted by Crippen LogP contribution is -2.48. The number of thiophene rings is 1. The van der Waals surface area contributed by atoms with E-state index in [2.05, 4.69) is 22.4 Å². The van der Waals surface area contributed by atoms with Crippen molar-refractivity contribution in [3.05, 3.63) is 58.3 Å². The van der Waals surface area contributed by atoms with Crippen LogP contribution in [0.1, 0.15) is 42.2 Å². The van der Waals surface area contributed by atoms with Gasteiger partial charge in [0, 0.05) is 50.6 Å². The Labute approximate surface area is 176 Å². The van der Waals surface area contributed by atoms with Gasteiger partial charge in [-0.2, -0.15) is 0 Å². The molecule has 6 heteroatoms. The average Bonchev–Trinajstić information content (AvgIpc) is 3.14. The third kappa shape index (κ3) is 4.87. The molecule has 0 aliphatic carbocycles. The van der Waals surface area contributed by atoms with Gasteiger partial charge in [-0.3, -0.25) is 14.5 Å². The number of piperidine rings is 1. The van der Waals surface area contributed by atoms with Crippen LogP contribution >= 0.6 is 11.3 Å². The third-order valence-corrected chi connectivity index (χ3v) is 6.74. The highest BCUT2D eigenvalue weighted by molar-refractivity contribution is 7.09. The number of nitrogens with zero attached hydrogens (tertiary/aromatic N) is 3. The zero-order valence-corrected chi connectivity index (χ0v) is 17.7. The maximum absolute atomic E-state index is 13.6. The highest BCUT2D eigenvalue weighted by atomic mass is 32.1. The van der Waals surface area contributed by atoms with Crippen molar-refractivity contribution in [2.75, 3.05) is 32.7 Å². The molecule has 2 aliphatic rings. The minimum Gasteiger partial charge on any atom is -0.339 e. The summed E-state index contributed by atoms with van der Waals surface area (Å²) in [4.78, 5) is 33.9. The van der Waals surface area contributed by atoms with Crippen LogP contribution in [0.2, 0.25) is 0 Å². The maximum atomic E-state index is 13.6. The van der Waals surface area contributed by atoms with Crippen molar-refractivity contribution in [2.24, 2.45) is 0 Å².